The minimum Gasteiger partial charge on any atom is -0.392 e. The first-order chi connectivity index (χ1) is 6.20. The van der Waals surface area contributed by atoms with Gasteiger partial charge in [-0.3, -0.25) is 4.79 Å². The summed E-state index contributed by atoms with van der Waals surface area (Å²) in [5.74, 6) is 0.153. The highest BCUT2D eigenvalue weighted by atomic mass is 16.3. The Hall–Kier alpha value is -0.610. The van der Waals surface area contributed by atoms with Gasteiger partial charge >= 0.3 is 0 Å². The first-order valence-electron chi connectivity index (χ1n) is 4.86. The van der Waals surface area contributed by atoms with Crippen LogP contribution < -0.4 is 10.6 Å². The van der Waals surface area contributed by atoms with Crippen LogP contribution in [-0.4, -0.2) is 36.8 Å². The average molecular weight is 186 g/mol. The number of aliphatic hydroxyl groups is 1. The van der Waals surface area contributed by atoms with Crippen LogP contribution in [0.3, 0.4) is 0 Å². The van der Waals surface area contributed by atoms with Crippen molar-refractivity contribution >= 4 is 5.91 Å². The lowest BCUT2D eigenvalue weighted by molar-refractivity contribution is -0.125. The van der Waals surface area contributed by atoms with Crippen LogP contribution in [0.5, 0.6) is 0 Å². The van der Waals surface area contributed by atoms with Crippen LogP contribution in [0.25, 0.3) is 0 Å². The summed E-state index contributed by atoms with van der Waals surface area (Å²) < 4.78 is 0. The van der Waals surface area contributed by atoms with Gasteiger partial charge in [-0.1, -0.05) is 0 Å². The third-order valence-corrected chi connectivity index (χ3v) is 2.24. The van der Waals surface area contributed by atoms with Gasteiger partial charge in [-0.15, -0.1) is 0 Å². The molecule has 4 heteroatoms. The SMILES string of the molecule is C[C@H](O)CNC(=O)[C@H]1CCCNC1. The predicted octanol–water partition coefficient (Wildman–Crippen LogP) is -0.517. The lowest BCUT2D eigenvalue weighted by atomic mass is 9.99. The Kier molecular flexibility index (Phi) is 4.18. The van der Waals surface area contributed by atoms with Crippen LogP contribution in [0.15, 0.2) is 0 Å². The van der Waals surface area contributed by atoms with Gasteiger partial charge in [0, 0.05) is 13.1 Å². The number of nitrogens with one attached hydrogen (secondary N) is 2. The number of hydrogen-bond acceptors (Lipinski definition) is 3. The molecule has 1 aliphatic heterocycles. The monoisotopic (exact) mass is 186 g/mol. The molecule has 1 rings (SSSR count). The van der Waals surface area contributed by atoms with Crippen LogP contribution in [0, 0.1) is 5.92 Å². The molecule has 0 aromatic heterocycles. The Morgan fingerprint density at radius 3 is 3.08 bits per heavy atom. The van der Waals surface area contributed by atoms with Crippen LogP contribution in [0.4, 0.5) is 0 Å². The van der Waals surface area contributed by atoms with E-state index in [9.17, 15) is 4.79 Å². The van der Waals surface area contributed by atoms with E-state index in [2.05, 4.69) is 10.6 Å². The first kappa shape index (κ1) is 10.5. The molecule has 13 heavy (non-hydrogen) atoms. The van der Waals surface area contributed by atoms with Crippen molar-refractivity contribution in [2.24, 2.45) is 5.92 Å². The Bertz CT molecular complexity index is 165. The molecular weight excluding hydrogens is 168 g/mol. The summed E-state index contributed by atoms with van der Waals surface area (Å²) in [4.78, 5) is 11.4. The fourth-order valence-corrected chi connectivity index (χ4v) is 1.47. The Morgan fingerprint density at radius 1 is 1.77 bits per heavy atom. The molecule has 76 valence electrons. The fraction of sp³-hybridized carbons (Fsp3) is 0.889. The molecule has 0 radical (unpaired) electrons. The van der Waals surface area contributed by atoms with Crippen LogP contribution in [0.2, 0.25) is 0 Å². The summed E-state index contributed by atoms with van der Waals surface area (Å²) in [6.07, 6.45) is 1.56. The summed E-state index contributed by atoms with van der Waals surface area (Å²) in [7, 11) is 0. The maximum Gasteiger partial charge on any atom is 0.224 e. The van der Waals surface area contributed by atoms with Crippen molar-refractivity contribution in [1.29, 1.82) is 0 Å². The molecule has 1 heterocycles. The van der Waals surface area contributed by atoms with Gasteiger partial charge < -0.3 is 15.7 Å². The number of piperidine rings is 1. The van der Waals surface area contributed by atoms with E-state index in [-0.39, 0.29) is 11.8 Å². The van der Waals surface area contributed by atoms with E-state index >= 15 is 0 Å². The van der Waals surface area contributed by atoms with Crippen molar-refractivity contribution in [3.8, 4) is 0 Å². The van der Waals surface area contributed by atoms with Gasteiger partial charge in [0.05, 0.1) is 12.0 Å². The molecule has 1 amide bonds. The van der Waals surface area contributed by atoms with E-state index in [1.54, 1.807) is 6.92 Å². The van der Waals surface area contributed by atoms with Gasteiger partial charge in [0.25, 0.3) is 0 Å². The molecule has 0 unspecified atom stereocenters. The second-order valence-corrected chi connectivity index (χ2v) is 3.64. The Labute approximate surface area is 78.7 Å². The summed E-state index contributed by atoms with van der Waals surface area (Å²) in [5, 5.41) is 14.9. The highest BCUT2D eigenvalue weighted by Crippen LogP contribution is 2.09. The zero-order valence-electron chi connectivity index (χ0n) is 8.05. The maximum absolute atomic E-state index is 11.4. The Balaban J connectivity index is 2.21. The van der Waals surface area contributed by atoms with E-state index in [4.69, 9.17) is 5.11 Å². The lowest BCUT2D eigenvalue weighted by Gasteiger charge is -2.22. The van der Waals surface area contributed by atoms with E-state index in [1.807, 2.05) is 0 Å². The second-order valence-electron chi connectivity index (χ2n) is 3.64. The van der Waals surface area contributed by atoms with Crippen molar-refractivity contribution < 1.29 is 9.90 Å². The minimum atomic E-state index is -0.458. The van der Waals surface area contributed by atoms with Crippen molar-refractivity contribution in [3.05, 3.63) is 0 Å². The maximum atomic E-state index is 11.4. The van der Waals surface area contributed by atoms with Crippen LogP contribution in [0.1, 0.15) is 19.8 Å². The normalized spacial score (nSPS) is 25.2. The van der Waals surface area contributed by atoms with Crippen molar-refractivity contribution in [3.63, 3.8) is 0 Å². The van der Waals surface area contributed by atoms with Crippen molar-refractivity contribution in [2.75, 3.05) is 19.6 Å². The van der Waals surface area contributed by atoms with Gasteiger partial charge in [-0.25, -0.2) is 0 Å². The third-order valence-electron chi connectivity index (χ3n) is 2.24. The topological polar surface area (TPSA) is 61.4 Å². The fourth-order valence-electron chi connectivity index (χ4n) is 1.47. The average Bonchev–Trinajstić information content (AvgIpc) is 2.15. The predicted molar refractivity (Wildman–Crippen MR) is 50.3 cm³/mol. The van der Waals surface area contributed by atoms with Gasteiger partial charge in [0.15, 0.2) is 0 Å². The number of amides is 1. The quantitative estimate of drug-likeness (QED) is 0.556. The van der Waals surface area contributed by atoms with Crippen molar-refractivity contribution in [2.45, 2.75) is 25.9 Å². The van der Waals surface area contributed by atoms with Gasteiger partial charge in [-0.2, -0.15) is 0 Å². The van der Waals surface area contributed by atoms with E-state index in [0.717, 1.165) is 25.9 Å². The summed E-state index contributed by atoms with van der Waals surface area (Å²) in [5.41, 5.74) is 0. The molecule has 4 nitrogen and oxygen atoms in total. The van der Waals surface area contributed by atoms with Gasteiger partial charge in [0.2, 0.25) is 5.91 Å². The largest absolute Gasteiger partial charge is 0.392 e. The van der Waals surface area contributed by atoms with E-state index in [1.165, 1.54) is 0 Å². The smallest absolute Gasteiger partial charge is 0.224 e. The molecule has 0 saturated carbocycles. The highest BCUT2D eigenvalue weighted by molar-refractivity contribution is 5.78. The minimum absolute atomic E-state index is 0.0631. The third kappa shape index (κ3) is 3.74. The number of carbonyl (C=O) groups is 1. The zero-order chi connectivity index (χ0) is 9.68. The molecule has 1 aliphatic rings. The molecular formula is C9H18N2O2. The molecule has 2 atom stereocenters. The molecule has 0 spiro atoms. The van der Waals surface area contributed by atoms with E-state index in [0.29, 0.717) is 6.54 Å². The molecule has 0 aromatic carbocycles. The molecule has 3 N–H and O–H groups in total. The number of rotatable bonds is 3. The van der Waals surface area contributed by atoms with Crippen LogP contribution in [-0.2, 0) is 4.79 Å². The lowest BCUT2D eigenvalue weighted by Crippen LogP contribution is -2.42. The number of hydrogen-bond donors (Lipinski definition) is 3. The second kappa shape index (κ2) is 5.19. The highest BCUT2D eigenvalue weighted by Gasteiger charge is 2.20. The summed E-state index contributed by atoms with van der Waals surface area (Å²) in [6, 6.07) is 0. The standard InChI is InChI=1S/C9H18N2O2/c1-7(12)5-11-9(13)8-3-2-4-10-6-8/h7-8,10,12H,2-6H2,1H3,(H,11,13)/t7-,8-/m0/s1. The van der Waals surface area contributed by atoms with Gasteiger partial charge in [0.1, 0.15) is 0 Å². The molecule has 0 aromatic rings. The van der Waals surface area contributed by atoms with E-state index < -0.39 is 6.10 Å². The molecule has 0 aliphatic carbocycles. The number of aliphatic hydroxyl groups excluding tert-OH is 1. The van der Waals surface area contributed by atoms with Gasteiger partial charge in [-0.05, 0) is 26.3 Å². The first-order valence-corrected chi connectivity index (χ1v) is 4.86. The zero-order valence-corrected chi connectivity index (χ0v) is 8.05. The van der Waals surface area contributed by atoms with Crippen LogP contribution >= 0.6 is 0 Å². The number of carbonyl (C=O) groups excluding carboxylic acids is 1. The summed E-state index contributed by atoms with van der Waals surface area (Å²) >= 11 is 0. The molecule has 0 bridgehead atoms. The Morgan fingerprint density at radius 2 is 2.54 bits per heavy atom. The molecule has 1 saturated heterocycles. The molecule has 1 fully saturated rings. The summed E-state index contributed by atoms with van der Waals surface area (Å²) in [6.45, 7) is 3.81. The van der Waals surface area contributed by atoms with Crippen molar-refractivity contribution in [1.82, 2.24) is 10.6 Å².